The Morgan fingerprint density at radius 2 is 1.72 bits per heavy atom. The second-order valence-electron chi connectivity index (χ2n) is 13.6. The van der Waals surface area contributed by atoms with Crippen molar-refractivity contribution >= 4 is 23.4 Å². The van der Waals surface area contributed by atoms with Gasteiger partial charge in [0.05, 0.1) is 22.6 Å². The highest BCUT2D eigenvalue weighted by Crippen LogP contribution is 2.36. The van der Waals surface area contributed by atoms with Gasteiger partial charge in [0.1, 0.15) is 24.2 Å². The average molecular weight is 605 g/mol. The van der Waals surface area contributed by atoms with Crippen LogP contribution in [0, 0.1) is 17.3 Å². The summed E-state index contributed by atoms with van der Waals surface area (Å²) in [7, 11) is 0. The van der Waals surface area contributed by atoms with E-state index < -0.39 is 30.0 Å². The minimum atomic E-state index is -4.50. The van der Waals surface area contributed by atoms with Crippen molar-refractivity contribution in [3.05, 3.63) is 29.5 Å². The second kappa shape index (κ2) is 12.6. The largest absolute Gasteiger partial charge is 0.471 e. The summed E-state index contributed by atoms with van der Waals surface area (Å²) in [4.78, 5) is 36.7. The Balaban J connectivity index is 1.48. The molecule has 1 aliphatic carbocycles. The van der Waals surface area contributed by atoms with E-state index in [1.807, 2.05) is 32.6 Å². The standard InChI is InChI=1S/C32H43F3N4O4/c1-19-25(18-40)39-16-27(19)42-29-23(36-22-14-13-21(32(33,34)35)15-24(22)37-29)11-7-5-6-9-20-10-8-12-26(20)43-30(41)38-28(17-39)31(2,3)4/h13-15,18-20,25-28H,5-12,16-17H2,1-4H3,(H,38,41)/t19-,20+,25+,26+,27-,28+/m0/s1. The summed E-state index contributed by atoms with van der Waals surface area (Å²) in [6.45, 7) is 8.84. The number of amides is 1. The zero-order chi connectivity index (χ0) is 30.9. The van der Waals surface area contributed by atoms with Crippen LogP contribution in [0.25, 0.3) is 11.0 Å². The number of hydrogen-bond donors (Lipinski definition) is 1. The number of ether oxygens (including phenoxy) is 2. The molecule has 1 aromatic heterocycles. The molecule has 2 aliphatic heterocycles. The summed E-state index contributed by atoms with van der Waals surface area (Å²) in [6, 6.07) is 2.63. The Morgan fingerprint density at radius 3 is 2.44 bits per heavy atom. The highest BCUT2D eigenvalue weighted by Gasteiger charge is 2.43. The number of aldehydes is 1. The first-order valence-corrected chi connectivity index (χ1v) is 15.5. The van der Waals surface area contributed by atoms with E-state index in [0.29, 0.717) is 36.6 Å². The van der Waals surface area contributed by atoms with Crippen LogP contribution in [0.5, 0.6) is 5.88 Å². The van der Waals surface area contributed by atoms with Crippen LogP contribution < -0.4 is 10.1 Å². The van der Waals surface area contributed by atoms with Crippen LogP contribution in [0.2, 0.25) is 0 Å². The first-order chi connectivity index (χ1) is 20.3. The lowest BCUT2D eigenvalue weighted by Crippen LogP contribution is -2.53. The Labute approximate surface area is 251 Å². The van der Waals surface area contributed by atoms with Gasteiger partial charge in [-0.2, -0.15) is 13.2 Å². The maximum absolute atomic E-state index is 13.5. The van der Waals surface area contributed by atoms with Crippen molar-refractivity contribution in [1.29, 1.82) is 0 Å². The lowest BCUT2D eigenvalue weighted by Gasteiger charge is -2.36. The molecule has 1 saturated carbocycles. The van der Waals surface area contributed by atoms with Gasteiger partial charge in [0.2, 0.25) is 5.88 Å². The van der Waals surface area contributed by atoms with E-state index in [4.69, 9.17) is 14.5 Å². The summed E-state index contributed by atoms with van der Waals surface area (Å²) < 4.78 is 52.8. The molecular formula is C32H43F3N4O4. The number of aromatic nitrogens is 2. The molecule has 2 aromatic rings. The zero-order valence-corrected chi connectivity index (χ0v) is 25.5. The SMILES string of the molecule is C[C@@H]1[C@@H]2CN(C[C@H](C(C)(C)C)NC(=O)O[C@@H]3CCC[C@H]3CCCCCc3nc4ccc(C(F)(F)F)cc4nc3O2)[C@@H]1C=O. The fraction of sp³-hybridized carbons (Fsp3) is 0.688. The Kier molecular flexibility index (Phi) is 9.20. The molecule has 3 aliphatic rings. The van der Waals surface area contributed by atoms with Crippen LogP contribution in [0.4, 0.5) is 18.0 Å². The summed E-state index contributed by atoms with van der Waals surface area (Å²) in [5.74, 6) is 0.319. The molecule has 1 amide bonds. The molecule has 236 valence electrons. The Bertz CT molecular complexity index is 1310. The summed E-state index contributed by atoms with van der Waals surface area (Å²) in [5.41, 5.74) is 0.00787. The summed E-state index contributed by atoms with van der Waals surface area (Å²) >= 11 is 0. The third-order valence-electron chi connectivity index (χ3n) is 9.48. The molecule has 8 nitrogen and oxygen atoms in total. The molecule has 7 atom stereocenters. The van der Waals surface area contributed by atoms with Crippen molar-refractivity contribution in [2.45, 2.75) is 110 Å². The maximum Gasteiger partial charge on any atom is 0.416 e. The third-order valence-corrected chi connectivity index (χ3v) is 9.48. The van der Waals surface area contributed by atoms with Gasteiger partial charge in [0, 0.05) is 25.0 Å². The number of benzene rings is 1. The predicted molar refractivity (Wildman–Crippen MR) is 156 cm³/mol. The fourth-order valence-electron chi connectivity index (χ4n) is 6.72. The molecular weight excluding hydrogens is 561 g/mol. The normalized spacial score (nSPS) is 31.1. The number of nitrogens with one attached hydrogen (secondary N) is 1. The number of fused-ring (bicyclic) bond motifs is 5. The van der Waals surface area contributed by atoms with Crippen LogP contribution in [-0.4, -0.2) is 64.6 Å². The number of halogens is 3. The van der Waals surface area contributed by atoms with Gasteiger partial charge < -0.3 is 19.6 Å². The van der Waals surface area contributed by atoms with E-state index in [1.54, 1.807) is 0 Å². The van der Waals surface area contributed by atoms with E-state index in [1.165, 1.54) is 6.07 Å². The fourth-order valence-corrected chi connectivity index (χ4v) is 6.72. The first-order valence-electron chi connectivity index (χ1n) is 15.5. The molecule has 0 radical (unpaired) electrons. The number of alkyl halides is 3. The van der Waals surface area contributed by atoms with Crippen molar-refractivity contribution in [3.63, 3.8) is 0 Å². The third kappa shape index (κ3) is 7.24. The molecule has 2 bridgehead atoms. The molecule has 11 heteroatoms. The highest BCUT2D eigenvalue weighted by atomic mass is 19.4. The van der Waals surface area contributed by atoms with Crippen molar-refractivity contribution < 1.29 is 32.2 Å². The van der Waals surface area contributed by atoms with Gasteiger partial charge in [0.15, 0.2) is 0 Å². The predicted octanol–water partition coefficient (Wildman–Crippen LogP) is 6.34. The highest BCUT2D eigenvalue weighted by molar-refractivity contribution is 5.76. The van der Waals surface area contributed by atoms with Gasteiger partial charge >= 0.3 is 12.3 Å². The maximum atomic E-state index is 13.5. The first kappa shape index (κ1) is 31.5. The number of nitrogens with zero attached hydrogens (tertiary/aromatic N) is 3. The van der Waals surface area contributed by atoms with E-state index in [2.05, 4.69) is 10.3 Å². The smallest absolute Gasteiger partial charge is 0.416 e. The Morgan fingerprint density at radius 1 is 0.953 bits per heavy atom. The van der Waals surface area contributed by atoms with E-state index in [0.717, 1.165) is 63.4 Å². The second-order valence-corrected chi connectivity index (χ2v) is 13.6. The van der Waals surface area contributed by atoms with Crippen molar-refractivity contribution in [3.8, 4) is 5.88 Å². The minimum Gasteiger partial charge on any atom is -0.471 e. The van der Waals surface area contributed by atoms with Gasteiger partial charge in [-0.1, -0.05) is 40.5 Å². The zero-order valence-electron chi connectivity index (χ0n) is 25.5. The average Bonchev–Trinajstić information content (AvgIpc) is 3.48. The molecule has 43 heavy (non-hydrogen) atoms. The molecule has 1 aromatic carbocycles. The van der Waals surface area contributed by atoms with Crippen LogP contribution >= 0.6 is 0 Å². The van der Waals surface area contributed by atoms with Gasteiger partial charge in [0.25, 0.3) is 0 Å². The number of rotatable bonds is 1. The van der Waals surface area contributed by atoms with Crippen molar-refractivity contribution in [2.24, 2.45) is 17.3 Å². The van der Waals surface area contributed by atoms with Gasteiger partial charge in [-0.05, 0) is 68.1 Å². The molecule has 2 fully saturated rings. The molecule has 1 saturated heterocycles. The molecule has 1 unspecified atom stereocenters. The van der Waals surface area contributed by atoms with Crippen molar-refractivity contribution in [1.82, 2.24) is 20.2 Å². The van der Waals surface area contributed by atoms with Crippen LogP contribution in [0.1, 0.15) is 83.9 Å². The molecule has 5 rings (SSSR count). The van der Waals surface area contributed by atoms with E-state index in [9.17, 15) is 22.8 Å². The lowest BCUT2D eigenvalue weighted by atomic mass is 9.86. The van der Waals surface area contributed by atoms with Gasteiger partial charge in [-0.25, -0.2) is 14.8 Å². The van der Waals surface area contributed by atoms with Gasteiger partial charge in [-0.3, -0.25) is 4.90 Å². The van der Waals surface area contributed by atoms with E-state index in [-0.39, 0.29) is 34.9 Å². The van der Waals surface area contributed by atoms with Crippen LogP contribution in [0.3, 0.4) is 0 Å². The summed E-state index contributed by atoms with van der Waals surface area (Å²) in [6.07, 6.45) is 2.59. The Hall–Kier alpha value is -2.95. The number of alkyl carbamates (subject to hydrolysis) is 1. The number of carbonyl (C=O) groups is 2. The lowest BCUT2D eigenvalue weighted by molar-refractivity contribution is -0.137. The monoisotopic (exact) mass is 604 g/mol. The number of carbonyl (C=O) groups excluding carboxylic acids is 2. The molecule has 0 spiro atoms. The summed E-state index contributed by atoms with van der Waals surface area (Å²) in [5, 5.41) is 3.10. The molecule has 3 heterocycles. The van der Waals surface area contributed by atoms with Gasteiger partial charge in [-0.15, -0.1) is 0 Å². The number of hydrogen-bond acceptors (Lipinski definition) is 7. The minimum absolute atomic E-state index is 0.105. The van der Waals surface area contributed by atoms with Crippen LogP contribution in [0.15, 0.2) is 18.2 Å². The topological polar surface area (TPSA) is 93.7 Å². The quantitative estimate of drug-likeness (QED) is 0.380. The van der Waals surface area contributed by atoms with E-state index >= 15 is 0 Å². The molecule has 1 N–H and O–H groups in total. The van der Waals surface area contributed by atoms with Crippen LogP contribution in [-0.2, 0) is 22.1 Å². The van der Waals surface area contributed by atoms with Crippen molar-refractivity contribution in [2.75, 3.05) is 13.1 Å². The number of aryl methyl sites for hydroxylation is 1.